The summed E-state index contributed by atoms with van der Waals surface area (Å²) in [6, 6.07) is 1.80. The monoisotopic (exact) mass is 261 g/mol. The summed E-state index contributed by atoms with van der Waals surface area (Å²) in [4.78, 5) is 15.6. The molecular weight excluding hydrogens is 242 g/mol. The largest absolute Gasteiger partial charge is 0.370 e. The first kappa shape index (κ1) is 12.2. The van der Waals surface area contributed by atoms with E-state index in [-0.39, 0.29) is 5.69 Å². The minimum absolute atomic E-state index is 0.255. The van der Waals surface area contributed by atoms with Crippen molar-refractivity contribution in [2.45, 2.75) is 32.6 Å². The Bertz CT molecular complexity index is 617. The van der Waals surface area contributed by atoms with E-state index >= 15 is 0 Å². The van der Waals surface area contributed by atoms with Crippen LogP contribution in [0.3, 0.4) is 0 Å². The number of nitrogens with zero attached hydrogens (tertiary/aromatic N) is 3. The van der Waals surface area contributed by atoms with E-state index in [0.29, 0.717) is 11.6 Å². The number of aromatic amines is 1. The van der Waals surface area contributed by atoms with Crippen molar-refractivity contribution in [3.05, 3.63) is 22.9 Å². The molecule has 0 aromatic carbocycles. The molecule has 0 radical (unpaired) electrons. The summed E-state index contributed by atoms with van der Waals surface area (Å²) in [5.41, 5.74) is 0.342. The fraction of sp³-hybridized carbons (Fsp3) is 0.615. The lowest BCUT2D eigenvalue weighted by Crippen LogP contribution is -2.24. The van der Waals surface area contributed by atoms with Crippen LogP contribution in [0, 0.1) is 11.8 Å². The third-order valence-electron chi connectivity index (χ3n) is 4.14. The second-order valence-electron chi connectivity index (χ2n) is 5.43. The van der Waals surface area contributed by atoms with Gasteiger partial charge in [0.05, 0.1) is 0 Å². The number of aromatic nitrogens is 4. The Balaban J connectivity index is 1.69. The van der Waals surface area contributed by atoms with Gasteiger partial charge in [-0.2, -0.15) is 5.10 Å². The average molecular weight is 261 g/mol. The van der Waals surface area contributed by atoms with Gasteiger partial charge in [0.25, 0.3) is 0 Å². The molecule has 2 N–H and O–H groups in total. The Morgan fingerprint density at radius 1 is 1.47 bits per heavy atom. The lowest BCUT2D eigenvalue weighted by Gasteiger charge is -2.28. The molecule has 19 heavy (non-hydrogen) atoms. The Morgan fingerprint density at radius 3 is 3.16 bits per heavy atom. The molecule has 1 aliphatic carbocycles. The van der Waals surface area contributed by atoms with Crippen LogP contribution in [0.25, 0.3) is 5.65 Å². The first-order valence-corrected chi connectivity index (χ1v) is 6.90. The zero-order valence-corrected chi connectivity index (χ0v) is 11.1. The first-order chi connectivity index (χ1) is 9.24. The number of hydrogen-bond donors (Lipinski definition) is 2. The van der Waals surface area contributed by atoms with Crippen LogP contribution >= 0.6 is 0 Å². The first-order valence-electron chi connectivity index (χ1n) is 6.90. The van der Waals surface area contributed by atoms with Crippen molar-refractivity contribution in [3.63, 3.8) is 0 Å². The van der Waals surface area contributed by atoms with Gasteiger partial charge in [0.2, 0.25) is 0 Å². The van der Waals surface area contributed by atoms with Gasteiger partial charge < -0.3 is 5.32 Å². The fourth-order valence-electron chi connectivity index (χ4n) is 2.84. The number of rotatable bonds is 3. The molecule has 2 atom stereocenters. The molecule has 1 saturated carbocycles. The maximum atomic E-state index is 11.3. The highest BCUT2D eigenvalue weighted by atomic mass is 16.1. The molecule has 2 unspecified atom stereocenters. The van der Waals surface area contributed by atoms with E-state index in [0.717, 1.165) is 18.3 Å². The van der Waals surface area contributed by atoms with Crippen LogP contribution < -0.4 is 11.0 Å². The van der Waals surface area contributed by atoms with Crippen LogP contribution in [0.1, 0.15) is 32.6 Å². The topological polar surface area (TPSA) is 75.1 Å². The minimum Gasteiger partial charge on any atom is -0.370 e. The quantitative estimate of drug-likeness (QED) is 0.881. The summed E-state index contributed by atoms with van der Waals surface area (Å²) in [5.74, 6) is 2.27. The van der Waals surface area contributed by atoms with Gasteiger partial charge in [0.15, 0.2) is 5.65 Å². The van der Waals surface area contributed by atoms with Gasteiger partial charge in [-0.3, -0.25) is 0 Å². The SMILES string of the molecule is CC1CCCCC1CNc1cc2n[nH]c(=O)n2cn1. The molecule has 0 amide bonds. The van der Waals surface area contributed by atoms with Gasteiger partial charge in [0, 0.05) is 12.6 Å². The van der Waals surface area contributed by atoms with E-state index < -0.39 is 0 Å². The molecular formula is C13H19N5O. The van der Waals surface area contributed by atoms with Gasteiger partial charge in [-0.1, -0.05) is 26.2 Å². The molecule has 6 nitrogen and oxygen atoms in total. The average Bonchev–Trinajstić information content (AvgIpc) is 2.79. The summed E-state index contributed by atoms with van der Waals surface area (Å²) < 4.78 is 1.40. The molecule has 102 valence electrons. The highest BCUT2D eigenvalue weighted by molar-refractivity contribution is 5.48. The van der Waals surface area contributed by atoms with E-state index in [4.69, 9.17) is 0 Å². The lowest BCUT2D eigenvalue weighted by atomic mass is 9.80. The van der Waals surface area contributed by atoms with Crippen molar-refractivity contribution < 1.29 is 0 Å². The maximum absolute atomic E-state index is 11.3. The van der Waals surface area contributed by atoms with Crippen LogP contribution in [0.15, 0.2) is 17.2 Å². The van der Waals surface area contributed by atoms with Crippen LogP contribution in [-0.2, 0) is 0 Å². The smallest absolute Gasteiger partial charge is 0.348 e. The minimum atomic E-state index is -0.255. The Kier molecular flexibility index (Phi) is 3.23. The van der Waals surface area contributed by atoms with Crippen LogP contribution in [0.4, 0.5) is 5.82 Å². The van der Waals surface area contributed by atoms with Crippen LogP contribution in [-0.4, -0.2) is 26.1 Å². The molecule has 0 aliphatic heterocycles. The van der Waals surface area contributed by atoms with Gasteiger partial charge in [-0.05, 0) is 18.3 Å². The van der Waals surface area contributed by atoms with E-state index in [1.165, 1.54) is 36.4 Å². The van der Waals surface area contributed by atoms with Crippen molar-refractivity contribution >= 4 is 11.5 Å². The van der Waals surface area contributed by atoms with Crippen molar-refractivity contribution in [1.82, 2.24) is 19.6 Å². The van der Waals surface area contributed by atoms with Gasteiger partial charge >= 0.3 is 5.69 Å². The van der Waals surface area contributed by atoms with Gasteiger partial charge in [0.1, 0.15) is 12.1 Å². The van der Waals surface area contributed by atoms with E-state index in [1.807, 2.05) is 0 Å². The van der Waals surface area contributed by atoms with E-state index in [1.54, 1.807) is 6.07 Å². The second kappa shape index (κ2) is 5.03. The fourth-order valence-corrected chi connectivity index (χ4v) is 2.84. The number of fused-ring (bicyclic) bond motifs is 1. The third kappa shape index (κ3) is 2.47. The summed E-state index contributed by atoms with van der Waals surface area (Å²) >= 11 is 0. The Morgan fingerprint density at radius 2 is 2.32 bits per heavy atom. The molecule has 6 heteroatoms. The highest BCUT2D eigenvalue weighted by Crippen LogP contribution is 2.29. The third-order valence-corrected chi connectivity index (χ3v) is 4.14. The normalized spacial score (nSPS) is 23.6. The van der Waals surface area contributed by atoms with Gasteiger partial charge in [-0.15, -0.1) is 0 Å². The van der Waals surface area contributed by atoms with E-state index in [9.17, 15) is 4.79 Å². The molecule has 2 aromatic heterocycles. The van der Waals surface area contributed by atoms with Gasteiger partial charge in [-0.25, -0.2) is 19.3 Å². The van der Waals surface area contributed by atoms with Crippen molar-refractivity contribution in [2.24, 2.45) is 11.8 Å². The van der Waals surface area contributed by atoms with Crippen molar-refractivity contribution in [3.8, 4) is 0 Å². The standard InChI is InChI=1S/C13H19N5O/c1-9-4-2-3-5-10(9)7-14-11-6-12-16-17-13(19)18(12)8-15-11/h6,8-10,14H,2-5,7H2,1H3,(H,17,19). The lowest BCUT2D eigenvalue weighted by molar-refractivity contribution is 0.268. The Hall–Kier alpha value is -1.85. The molecule has 2 heterocycles. The molecule has 0 bridgehead atoms. The Labute approximate surface area is 111 Å². The molecule has 3 rings (SSSR count). The number of H-pyrrole nitrogens is 1. The van der Waals surface area contributed by atoms with Crippen molar-refractivity contribution in [1.29, 1.82) is 0 Å². The maximum Gasteiger partial charge on any atom is 0.348 e. The number of hydrogen-bond acceptors (Lipinski definition) is 4. The summed E-state index contributed by atoms with van der Waals surface area (Å²) in [7, 11) is 0. The number of anilines is 1. The molecule has 0 spiro atoms. The second-order valence-corrected chi connectivity index (χ2v) is 5.43. The predicted octanol–water partition coefficient (Wildman–Crippen LogP) is 1.66. The molecule has 1 fully saturated rings. The van der Waals surface area contributed by atoms with Crippen molar-refractivity contribution in [2.75, 3.05) is 11.9 Å². The predicted molar refractivity (Wildman–Crippen MR) is 73.2 cm³/mol. The molecule has 2 aromatic rings. The molecule has 0 saturated heterocycles. The highest BCUT2D eigenvalue weighted by Gasteiger charge is 2.20. The summed E-state index contributed by atoms with van der Waals surface area (Å²) in [6.45, 7) is 3.27. The van der Waals surface area contributed by atoms with E-state index in [2.05, 4.69) is 27.4 Å². The number of nitrogens with one attached hydrogen (secondary N) is 2. The zero-order valence-electron chi connectivity index (χ0n) is 11.1. The molecule has 1 aliphatic rings. The van der Waals surface area contributed by atoms with Crippen LogP contribution in [0.2, 0.25) is 0 Å². The summed E-state index contributed by atoms with van der Waals surface area (Å²) in [6.07, 6.45) is 6.82. The van der Waals surface area contributed by atoms with Crippen LogP contribution in [0.5, 0.6) is 0 Å². The summed E-state index contributed by atoms with van der Waals surface area (Å²) in [5, 5.41) is 9.71. The zero-order chi connectivity index (χ0) is 13.2.